The third-order valence-corrected chi connectivity index (χ3v) is 3.06. The number of carbonyl (C=O) groups is 1. The summed E-state index contributed by atoms with van der Waals surface area (Å²) in [6, 6.07) is 1.75. The van der Waals surface area contributed by atoms with Crippen LogP contribution in [-0.4, -0.2) is 62.9 Å². The van der Waals surface area contributed by atoms with E-state index in [0.29, 0.717) is 25.3 Å². The summed E-state index contributed by atoms with van der Waals surface area (Å²) in [7, 11) is 5.02. The van der Waals surface area contributed by atoms with E-state index in [1.54, 1.807) is 44.6 Å². The van der Waals surface area contributed by atoms with E-state index in [1.807, 2.05) is 6.92 Å². The van der Waals surface area contributed by atoms with Gasteiger partial charge < -0.3 is 19.7 Å². The zero-order valence-electron chi connectivity index (χ0n) is 12.5. The molecule has 1 N–H and O–H groups in total. The summed E-state index contributed by atoms with van der Waals surface area (Å²) in [4.78, 5) is 18.5. The standard InChI is InChI=1S/C14H23N3O3/c1-11(10-20-4)17(7-8-19-3)14(18)12-9-16-6-5-13(12)15-2/h5-6,9,11H,7-8,10H2,1-4H3,(H,15,16). The van der Waals surface area contributed by atoms with Gasteiger partial charge in [0.1, 0.15) is 0 Å². The Hall–Kier alpha value is -1.66. The van der Waals surface area contributed by atoms with Crippen molar-refractivity contribution in [2.45, 2.75) is 13.0 Å². The SMILES string of the molecule is CNc1ccncc1C(=O)N(CCOC)C(C)COC. The van der Waals surface area contributed by atoms with Gasteiger partial charge in [-0.2, -0.15) is 0 Å². The first-order chi connectivity index (χ1) is 9.65. The molecule has 0 saturated heterocycles. The number of nitrogens with zero attached hydrogens (tertiary/aromatic N) is 2. The van der Waals surface area contributed by atoms with Crippen LogP contribution in [0.15, 0.2) is 18.5 Å². The summed E-state index contributed by atoms with van der Waals surface area (Å²) in [6.45, 7) is 3.42. The second kappa shape index (κ2) is 8.50. The molecule has 1 unspecified atom stereocenters. The second-order valence-corrected chi connectivity index (χ2v) is 4.47. The zero-order chi connectivity index (χ0) is 15.0. The van der Waals surface area contributed by atoms with E-state index in [2.05, 4.69) is 10.3 Å². The monoisotopic (exact) mass is 281 g/mol. The average molecular weight is 281 g/mol. The lowest BCUT2D eigenvalue weighted by atomic mass is 10.1. The summed E-state index contributed by atoms with van der Waals surface area (Å²) < 4.78 is 10.2. The van der Waals surface area contributed by atoms with Crippen molar-refractivity contribution >= 4 is 11.6 Å². The van der Waals surface area contributed by atoms with Crippen LogP contribution in [0.5, 0.6) is 0 Å². The molecule has 0 radical (unpaired) electrons. The fraction of sp³-hybridized carbons (Fsp3) is 0.571. The maximum absolute atomic E-state index is 12.7. The molecule has 20 heavy (non-hydrogen) atoms. The second-order valence-electron chi connectivity index (χ2n) is 4.47. The smallest absolute Gasteiger partial charge is 0.257 e. The van der Waals surface area contributed by atoms with Crippen molar-refractivity contribution < 1.29 is 14.3 Å². The van der Waals surface area contributed by atoms with E-state index in [4.69, 9.17) is 9.47 Å². The van der Waals surface area contributed by atoms with Crippen LogP contribution in [0.1, 0.15) is 17.3 Å². The lowest BCUT2D eigenvalue weighted by molar-refractivity contribution is 0.0480. The van der Waals surface area contributed by atoms with Gasteiger partial charge in [0.15, 0.2) is 0 Å². The number of nitrogens with one attached hydrogen (secondary N) is 1. The van der Waals surface area contributed by atoms with Gasteiger partial charge in [-0.1, -0.05) is 0 Å². The Morgan fingerprint density at radius 1 is 1.45 bits per heavy atom. The Kier molecular flexibility index (Phi) is 6.97. The molecule has 0 saturated carbocycles. The van der Waals surface area contributed by atoms with Gasteiger partial charge in [0, 0.05) is 45.9 Å². The van der Waals surface area contributed by atoms with Gasteiger partial charge in [0.2, 0.25) is 0 Å². The normalized spacial score (nSPS) is 12.0. The predicted octanol–water partition coefficient (Wildman–Crippen LogP) is 1.25. The van der Waals surface area contributed by atoms with Crippen LogP contribution < -0.4 is 5.32 Å². The Morgan fingerprint density at radius 2 is 2.20 bits per heavy atom. The minimum atomic E-state index is -0.0796. The first kappa shape index (κ1) is 16.4. The predicted molar refractivity (Wildman–Crippen MR) is 78.0 cm³/mol. The maximum Gasteiger partial charge on any atom is 0.257 e. The molecule has 112 valence electrons. The molecule has 1 aromatic rings. The quantitative estimate of drug-likeness (QED) is 0.777. The van der Waals surface area contributed by atoms with Gasteiger partial charge in [-0.05, 0) is 13.0 Å². The number of carbonyl (C=O) groups excluding carboxylic acids is 1. The molecule has 0 aliphatic heterocycles. The molecule has 0 aliphatic rings. The highest BCUT2D eigenvalue weighted by Gasteiger charge is 2.23. The van der Waals surface area contributed by atoms with Gasteiger partial charge in [-0.25, -0.2) is 0 Å². The van der Waals surface area contributed by atoms with Crippen molar-refractivity contribution in [3.05, 3.63) is 24.0 Å². The molecular formula is C14H23N3O3. The summed E-state index contributed by atoms with van der Waals surface area (Å²) in [6.07, 6.45) is 3.23. The average Bonchev–Trinajstić information content (AvgIpc) is 2.47. The van der Waals surface area contributed by atoms with Crippen LogP contribution in [0.25, 0.3) is 0 Å². The molecular weight excluding hydrogens is 258 g/mol. The van der Waals surface area contributed by atoms with Gasteiger partial charge in [-0.3, -0.25) is 9.78 Å². The largest absolute Gasteiger partial charge is 0.387 e. The van der Waals surface area contributed by atoms with Crippen molar-refractivity contribution in [3.8, 4) is 0 Å². The fourth-order valence-electron chi connectivity index (χ4n) is 1.98. The van der Waals surface area contributed by atoms with Gasteiger partial charge in [-0.15, -0.1) is 0 Å². The third-order valence-electron chi connectivity index (χ3n) is 3.06. The van der Waals surface area contributed by atoms with Gasteiger partial charge in [0.05, 0.1) is 24.8 Å². The van der Waals surface area contributed by atoms with Crippen molar-refractivity contribution in [2.75, 3.05) is 46.3 Å². The Bertz CT molecular complexity index is 426. The Labute approximate surface area is 120 Å². The lowest BCUT2D eigenvalue weighted by Gasteiger charge is -2.29. The molecule has 6 heteroatoms. The van der Waals surface area contributed by atoms with Crippen LogP contribution in [0.4, 0.5) is 5.69 Å². The molecule has 0 aromatic carbocycles. The highest BCUT2D eigenvalue weighted by atomic mass is 16.5. The van der Waals surface area contributed by atoms with Crippen LogP contribution in [0.2, 0.25) is 0 Å². The number of anilines is 1. The van der Waals surface area contributed by atoms with Crippen molar-refractivity contribution in [1.29, 1.82) is 0 Å². The maximum atomic E-state index is 12.7. The molecule has 0 aliphatic carbocycles. The number of pyridine rings is 1. The Balaban J connectivity index is 2.96. The van der Waals surface area contributed by atoms with Gasteiger partial charge >= 0.3 is 0 Å². The fourth-order valence-corrected chi connectivity index (χ4v) is 1.98. The molecule has 1 heterocycles. The molecule has 1 atom stereocenters. The highest BCUT2D eigenvalue weighted by molar-refractivity contribution is 5.99. The molecule has 0 bridgehead atoms. The number of hydrogen-bond donors (Lipinski definition) is 1. The van der Waals surface area contributed by atoms with Gasteiger partial charge in [0.25, 0.3) is 5.91 Å². The molecule has 1 aromatic heterocycles. The number of aromatic nitrogens is 1. The zero-order valence-corrected chi connectivity index (χ0v) is 12.5. The third kappa shape index (κ3) is 4.18. The first-order valence-corrected chi connectivity index (χ1v) is 6.56. The van der Waals surface area contributed by atoms with E-state index in [9.17, 15) is 4.79 Å². The van der Waals surface area contributed by atoms with Crippen molar-refractivity contribution in [2.24, 2.45) is 0 Å². The summed E-state index contributed by atoms with van der Waals surface area (Å²) >= 11 is 0. The minimum Gasteiger partial charge on any atom is -0.387 e. The Morgan fingerprint density at radius 3 is 2.80 bits per heavy atom. The molecule has 0 fully saturated rings. The number of ether oxygens (including phenoxy) is 2. The van der Waals surface area contributed by atoms with Crippen LogP contribution in [0, 0.1) is 0 Å². The van der Waals surface area contributed by atoms with E-state index < -0.39 is 0 Å². The first-order valence-electron chi connectivity index (χ1n) is 6.56. The summed E-state index contributed by atoms with van der Waals surface area (Å²) in [5.41, 5.74) is 1.31. The van der Waals surface area contributed by atoms with E-state index in [-0.39, 0.29) is 11.9 Å². The van der Waals surface area contributed by atoms with E-state index in [0.717, 1.165) is 5.69 Å². The number of amides is 1. The molecule has 1 rings (SSSR count). The lowest BCUT2D eigenvalue weighted by Crippen LogP contribution is -2.43. The molecule has 0 spiro atoms. The van der Waals surface area contributed by atoms with Crippen LogP contribution in [0.3, 0.4) is 0 Å². The molecule has 1 amide bonds. The number of rotatable bonds is 8. The summed E-state index contributed by atoms with van der Waals surface area (Å²) in [5, 5.41) is 3.01. The number of hydrogen-bond acceptors (Lipinski definition) is 5. The number of methoxy groups -OCH3 is 2. The summed E-state index contributed by atoms with van der Waals surface area (Å²) in [5.74, 6) is -0.0796. The topological polar surface area (TPSA) is 63.7 Å². The highest BCUT2D eigenvalue weighted by Crippen LogP contribution is 2.17. The minimum absolute atomic E-state index is 0.0347. The van der Waals surface area contributed by atoms with E-state index in [1.165, 1.54) is 0 Å². The van der Waals surface area contributed by atoms with Crippen molar-refractivity contribution in [3.63, 3.8) is 0 Å². The van der Waals surface area contributed by atoms with Crippen LogP contribution >= 0.6 is 0 Å². The van der Waals surface area contributed by atoms with Crippen LogP contribution in [-0.2, 0) is 9.47 Å². The van der Waals surface area contributed by atoms with E-state index >= 15 is 0 Å². The molecule has 6 nitrogen and oxygen atoms in total. The van der Waals surface area contributed by atoms with Crippen molar-refractivity contribution in [1.82, 2.24) is 9.88 Å².